The van der Waals surface area contributed by atoms with Crippen LogP contribution in [0.25, 0.3) is 0 Å². The van der Waals surface area contributed by atoms with Crippen molar-refractivity contribution in [3.8, 4) is 0 Å². The van der Waals surface area contributed by atoms with Gasteiger partial charge >= 0.3 is 0 Å². The Hall–Kier alpha value is -3.61. The fourth-order valence-electron chi connectivity index (χ4n) is 3.67. The van der Waals surface area contributed by atoms with Crippen molar-refractivity contribution in [3.63, 3.8) is 0 Å². The molecule has 2 aromatic rings. The molecule has 43 heavy (non-hydrogen) atoms. The molecule has 1 aliphatic heterocycles. The minimum atomic E-state index is -1.08. The highest BCUT2D eigenvalue weighted by molar-refractivity contribution is 5.98. The highest BCUT2D eigenvalue weighted by atomic mass is 16.6. The second-order valence-electron chi connectivity index (χ2n) is 10.4. The maximum Gasteiger partial charge on any atom is 0.274 e. The lowest BCUT2D eigenvalue weighted by Gasteiger charge is -2.21. The third-order valence-electron chi connectivity index (χ3n) is 6.18. The SMILES string of the molecule is CC.COCc1cc(C(=O)N[C@@H](COC)C(=O)NCC(=O)N[C@@H](CCC(C)C)C(=O)C2(C)CO2)no1.Cc1ccccc1. The first-order chi connectivity index (χ1) is 20.5. The van der Waals surface area contributed by atoms with E-state index in [4.69, 9.17) is 18.7 Å². The fraction of sp³-hybridized carbons (Fsp3) is 0.581. The fourth-order valence-corrected chi connectivity index (χ4v) is 3.67. The van der Waals surface area contributed by atoms with Gasteiger partial charge in [-0.2, -0.15) is 0 Å². The number of carbonyl (C=O) groups is 4. The van der Waals surface area contributed by atoms with E-state index in [0.29, 0.717) is 24.7 Å². The van der Waals surface area contributed by atoms with Crippen molar-refractivity contribution >= 4 is 23.5 Å². The van der Waals surface area contributed by atoms with Crippen molar-refractivity contribution in [3.05, 3.63) is 53.4 Å². The zero-order valence-electron chi connectivity index (χ0n) is 26.7. The molecular weight excluding hydrogens is 556 g/mol. The highest BCUT2D eigenvalue weighted by Gasteiger charge is 2.49. The zero-order valence-corrected chi connectivity index (χ0v) is 26.7. The average Bonchev–Trinajstić information content (AvgIpc) is 3.57. The van der Waals surface area contributed by atoms with Crippen LogP contribution in [0.3, 0.4) is 0 Å². The molecule has 1 unspecified atom stereocenters. The van der Waals surface area contributed by atoms with E-state index in [9.17, 15) is 19.2 Å². The Labute approximate surface area is 254 Å². The van der Waals surface area contributed by atoms with Crippen LogP contribution in [0, 0.1) is 12.8 Å². The van der Waals surface area contributed by atoms with Gasteiger partial charge in [0.15, 0.2) is 17.2 Å². The van der Waals surface area contributed by atoms with Crippen molar-refractivity contribution in [1.29, 1.82) is 0 Å². The summed E-state index contributed by atoms with van der Waals surface area (Å²) < 4.78 is 20.1. The molecule has 3 atom stereocenters. The first kappa shape index (κ1) is 37.4. The minimum Gasteiger partial charge on any atom is -0.382 e. The van der Waals surface area contributed by atoms with E-state index in [2.05, 4.69) is 40.2 Å². The average molecular weight is 605 g/mol. The maximum atomic E-state index is 12.7. The summed E-state index contributed by atoms with van der Waals surface area (Å²) in [6, 6.07) is 9.87. The van der Waals surface area contributed by atoms with Crippen molar-refractivity contribution in [1.82, 2.24) is 21.1 Å². The van der Waals surface area contributed by atoms with Crippen LogP contribution in [0.4, 0.5) is 0 Å². The van der Waals surface area contributed by atoms with Crippen LogP contribution >= 0.6 is 0 Å². The summed E-state index contributed by atoms with van der Waals surface area (Å²) >= 11 is 0. The van der Waals surface area contributed by atoms with E-state index in [-0.39, 0.29) is 31.2 Å². The van der Waals surface area contributed by atoms with Crippen molar-refractivity contribution in [2.24, 2.45) is 5.92 Å². The molecular formula is C31H48N4O8. The number of benzene rings is 1. The quantitative estimate of drug-likeness (QED) is 0.260. The second kappa shape index (κ2) is 19.6. The summed E-state index contributed by atoms with van der Waals surface area (Å²) in [4.78, 5) is 50.1. The first-order valence-electron chi connectivity index (χ1n) is 14.5. The summed E-state index contributed by atoms with van der Waals surface area (Å²) in [6.07, 6.45) is 1.22. The Kier molecular flexibility index (Phi) is 17.0. The summed E-state index contributed by atoms with van der Waals surface area (Å²) in [5.41, 5.74) is 0.430. The molecule has 0 aliphatic carbocycles. The molecule has 0 radical (unpaired) electrons. The summed E-state index contributed by atoms with van der Waals surface area (Å²) in [5.74, 6) is -1.28. The Morgan fingerprint density at radius 1 is 1.00 bits per heavy atom. The van der Waals surface area contributed by atoms with Crippen LogP contribution in [-0.2, 0) is 35.2 Å². The number of amides is 3. The molecule has 1 fully saturated rings. The number of aromatic nitrogens is 1. The van der Waals surface area contributed by atoms with Crippen LogP contribution in [-0.4, -0.2) is 80.3 Å². The molecule has 12 heteroatoms. The number of ketones is 1. The number of hydrogen-bond donors (Lipinski definition) is 3. The Morgan fingerprint density at radius 2 is 1.65 bits per heavy atom. The molecule has 1 aromatic heterocycles. The van der Waals surface area contributed by atoms with E-state index < -0.39 is 35.4 Å². The van der Waals surface area contributed by atoms with E-state index >= 15 is 0 Å². The van der Waals surface area contributed by atoms with Gasteiger partial charge in [-0.15, -0.1) is 0 Å². The number of epoxide rings is 1. The number of carbonyl (C=O) groups excluding carboxylic acids is 4. The number of rotatable bonds is 15. The van der Waals surface area contributed by atoms with Gasteiger partial charge in [0, 0.05) is 20.3 Å². The number of Topliss-reactive ketones (excluding diaryl/α,β-unsaturated/α-hetero) is 1. The van der Waals surface area contributed by atoms with Gasteiger partial charge in [-0.25, -0.2) is 0 Å². The predicted molar refractivity (Wildman–Crippen MR) is 161 cm³/mol. The van der Waals surface area contributed by atoms with Gasteiger partial charge < -0.3 is 34.7 Å². The molecule has 0 spiro atoms. The molecule has 240 valence electrons. The van der Waals surface area contributed by atoms with Gasteiger partial charge in [0.05, 0.1) is 25.8 Å². The van der Waals surface area contributed by atoms with Crippen molar-refractivity contribution in [2.75, 3.05) is 34.0 Å². The monoisotopic (exact) mass is 604 g/mol. The number of aryl methyl sites for hydroxylation is 1. The number of hydrogen-bond acceptors (Lipinski definition) is 9. The van der Waals surface area contributed by atoms with Gasteiger partial charge in [0.25, 0.3) is 5.91 Å². The van der Waals surface area contributed by atoms with E-state index in [1.807, 2.05) is 45.9 Å². The molecule has 3 amide bonds. The zero-order chi connectivity index (χ0) is 32.4. The van der Waals surface area contributed by atoms with Gasteiger partial charge in [-0.1, -0.05) is 68.7 Å². The summed E-state index contributed by atoms with van der Waals surface area (Å²) in [5, 5.41) is 11.3. The smallest absolute Gasteiger partial charge is 0.274 e. The van der Waals surface area contributed by atoms with Gasteiger partial charge in [-0.3, -0.25) is 19.2 Å². The largest absolute Gasteiger partial charge is 0.382 e. The van der Waals surface area contributed by atoms with Gasteiger partial charge in [0.2, 0.25) is 11.8 Å². The molecule has 0 saturated carbocycles. The summed E-state index contributed by atoms with van der Waals surface area (Å²) in [7, 11) is 2.84. The Balaban J connectivity index is 0.000000883. The lowest BCUT2D eigenvalue weighted by Crippen LogP contribution is -2.53. The van der Waals surface area contributed by atoms with Crippen molar-refractivity contribution in [2.45, 2.75) is 78.7 Å². The number of nitrogens with zero attached hydrogens (tertiary/aromatic N) is 1. The number of methoxy groups -OCH3 is 2. The summed E-state index contributed by atoms with van der Waals surface area (Å²) in [6.45, 7) is 11.8. The molecule has 3 rings (SSSR count). The van der Waals surface area contributed by atoms with Crippen molar-refractivity contribution < 1.29 is 37.9 Å². The highest BCUT2D eigenvalue weighted by Crippen LogP contribution is 2.29. The molecule has 0 bridgehead atoms. The molecule has 12 nitrogen and oxygen atoms in total. The Morgan fingerprint density at radius 3 is 2.16 bits per heavy atom. The first-order valence-corrected chi connectivity index (χ1v) is 14.5. The Bertz CT molecular complexity index is 1130. The molecule has 1 aromatic carbocycles. The van der Waals surface area contributed by atoms with E-state index in [1.54, 1.807) is 6.92 Å². The minimum absolute atomic E-state index is 0.0269. The number of nitrogens with one attached hydrogen (secondary N) is 3. The molecule has 1 aliphatic rings. The lowest BCUT2D eigenvalue weighted by atomic mass is 9.94. The predicted octanol–water partition coefficient (Wildman–Crippen LogP) is 2.98. The van der Waals surface area contributed by atoms with Crippen LogP contribution in [0.1, 0.15) is 69.3 Å². The third kappa shape index (κ3) is 13.9. The molecule has 3 N–H and O–H groups in total. The van der Waals surface area contributed by atoms with Crippen LogP contribution in [0.15, 0.2) is 40.9 Å². The van der Waals surface area contributed by atoms with E-state index in [1.165, 1.54) is 25.8 Å². The van der Waals surface area contributed by atoms with Gasteiger partial charge in [0.1, 0.15) is 18.2 Å². The maximum absolute atomic E-state index is 12.7. The van der Waals surface area contributed by atoms with E-state index in [0.717, 1.165) is 6.42 Å². The lowest BCUT2D eigenvalue weighted by molar-refractivity contribution is -0.131. The van der Waals surface area contributed by atoms with Crippen LogP contribution in [0.5, 0.6) is 0 Å². The molecule has 2 heterocycles. The second-order valence-corrected chi connectivity index (χ2v) is 10.4. The standard InChI is InChI=1S/C22H34N4O8.C7H8.C2H6/c1-13(2)6-7-15(19(28)22(3)12-33-22)24-18(27)9-23-20(29)17(11-32-5)25-21(30)16-8-14(10-31-4)34-26-16;1-7-5-3-2-4-6-7;1-2/h8,13,15,17H,6-7,9-12H2,1-5H3,(H,23,29)(H,24,27)(H,25,30);2-6H,1H3;1-2H3/t15-,17-,22?;;/m0../s1. The number of ether oxygens (including phenoxy) is 3. The third-order valence-corrected chi connectivity index (χ3v) is 6.18. The molecule has 1 saturated heterocycles. The van der Waals surface area contributed by atoms with Gasteiger partial charge in [-0.05, 0) is 32.6 Å². The normalized spacial score (nSPS) is 16.4. The topological polar surface area (TPSA) is 161 Å². The van der Waals surface area contributed by atoms with Crippen LogP contribution < -0.4 is 16.0 Å². The van der Waals surface area contributed by atoms with Crippen LogP contribution in [0.2, 0.25) is 0 Å².